The molecule has 1 aromatic heterocycles. The Labute approximate surface area is 107 Å². The van der Waals surface area contributed by atoms with E-state index in [-0.39, 0.29) is 17.9 Å². The first-order valence-electron chi connectivity index (χ1n) is 5.98. The molecule has 1 rings (SSSR count). The molecule has 0 aromatic carbocycles. The minimum Gasteiger partial charge on any atom is -0.347 e. The fraction of sp³-hybridized carbons (Fsp3) is 0.667. The molecule has 1 aromatic rings. The summed E-state index contributed by atoms with van der Waals surface area (Å²) in [5, 5.41) is 7.12. The van der Waals surface area contributed by atoms with E-state index in [9.17, 15) is 4.79 Å². The first-order chi connectivity index (χ1) is 8.04. The van der Waals surface area contributed by atoms with Gasteiger partial charge in [0, 0.05) is 23.5 Å². The number of thiazole rings is 1. The Kier molecular flexibility index (Phi) is 5.58. The van der Waals surface area contributed by atoms with Gasteiger partial charge in [0.25, 0.3) is 0 Å². The molecule has 0 saturated carbocycles. The van der Waals surface area contributed by atoms with E-state index in [2.05, 4.69) is 15.6 Å². The van der Waals surface area contributed by atoms with Crippen molar-refractivity contribution in [1.82, 2.24) is 15.6 Å². The second kappa shape index (κ2) is 6.71. The molecule has 0 spiro atoms. The summed E-state index contributed by atoms with van der Waals surface area (Å²) in [6, 6.07) is -0.00900. The van der Waals surface area contributed by atoms with Crippen LogP contribution in [0.5, 0.6) is 0 Å². The maximum atomic E-state index is 11.9. The van der Waals surface area contributed by atoms with Gasteiger partial charge in [0.15, 0.2) is 0 Å². The van der Waals surface area contributed by atoms with Crippen molar-refractivity contribution in [2.75, 3.05) is 13.1 Å². The van der Waals surface area contributed by atoms with Gasteiger partial charge in [0.05, 0.1) is 6.04 Å². The molecule has 0 radical (unpaired) electrons. The van der Waals surface area contributed by atoms with Crippen molar-refractivity contribution in [2.24, 2.45) is 5.92 Å². The van der Waals surface area contributed by atoms with Crippen molar-refractivity contribution in [2.45, 2.75) is 33.7 Å². The smallest absolute Gasteiger partial charge is 0.224 e. The topological polar surface area (TPSA) is 54.0 Å². The number of hydrogen-bond acceptors (Lipinski definition) is 4. The number of aryl methyl sites for hydroxylation is 1. The summed E-state index contributed by atoms with van der Waals surface area (Å²) in [6.45, 7) is 9.55. The van der Waals surface area contributed by atoms with Gasteiger partial charge in [-0.15, -0.1) is 11.3 Å². The normalized spacial score (nSPS) is 14.4. The largest absolute Gasteiger partial charge is 0.347 e. The Morgan fingerprint density at radius 2 is 2.24 bits per heavy atom. The molecular formula is C12H21N3OS. The molecule has 0 aliphatic heterocycles. The second-order valence-corrected chi connectivity index (χ2v) is 5.51. The standard InChI is InChI=1S/C12H21N3OS/c1-5-13-6-8(2)11(16)15-10(4)12-14-7-9(3)17-12/h7-8,10,13H,5-6H2,1-4H3,(H,15,16). The van der Waals surface area contributed by atoms with Gasteiger partial charge in [0.2, 0.25) is 5.91 Å². The average molecular weight is 255 g/mol. The van der Waals surface area contributed by atoms with Crippen LogP contribution in [0.2, 0.25) is 0 Å². The maximum Gasteiger partial charge on any atom is 0.224 e. The molecule has 0 aliphatic rings. The van der Waals surface area contributed by atoms with Crippen molar-refractivity contribution in [3.63, 3.8) is 0 Å². The molecule has 2 atom stereocenters. The molecule has 0 fully saturated rings. The van der Waals surface area contributed by atoms with E-state index in [1.165, 1.54) is 4.88 Å². The quantitative estimate of drug-likeness (QED) is 0.816. The van der Waals surface area contributed by atoms with E-state index in [0.29, 0.717) is 6.54 Å². The third kappa shape index (κ3) is 4.44. The molecule has 2 N–H and O–H groups in total. The fourth-order valence-electron chi connectivity index (χ4n) is 1.44. The first-order valence-corrected chi connectivity index (χ1v) is 6.79. The molecule has 96 valence electrons. The Morgan fingerprint density at radius 3 is 2.76 bits per heavy atom. The molecule has 0 bridgehead atoms. The van der Waals surface area contributed by atoms with E-state index in [0.717, 1.165) is 11.6 Å². The lowest BCUT2D eigenvalue weighted by atomic mass is 10.1. The number of carbonyl (C=O) groups excluding carboxylic acids is 1. The average Bonchev–Trinajstić information content (AvgIpc) is 2.72. The highest BCUT2D eigenvalue weighted by Crippen LogP contribution is 2.19. The molecule has 0 saturated heterocycles. The summed E-state index contributed by atoms with van der Waals surface area (Å²) in [4.78, 5) is 17.3. The first kappa shape index (κ1) is 14.1. The van der Waals surface area contributed by atoms with E-state index in [1.807, 2.05) is 33.9 Å². The molecule has 5 heteroatoms. The van der Waals surface area contributed by atoms with Crippen LogP contribution in [0, 0.1) is 12.8 Å². The van der Waals surface area contributed by atoms with Crippen LogP contribution < -0.4 is 10.6 Å². The molecule has 0 aliphatic carbocycles. The van der Waals surface area contributed by atoms with Crippen LogP contribution in [-0.4, -0.2) is 24.0 Å². The summed E-state index contributed by atoms with van der Waals surface area (Å²) >= 11 is 1.63. The van der Waals surface area contributed by atoms with Crippen molar-refractivity contribution < 1.29 is 4.79 Å². The van der Waals surface area contributed by atoms with Gasteiger partial charge in [-0.25, -0.2) is 4.98 Å². The maximum absolute atomic E-state index is 11.9. The number of rotatable bonds is 6. The predicted molar refractivity (Wildman–Crippen MR) is 71.1 cm³/mol. The van der Waals surface area contributed by atoms with Gasteiger partial charge >= 0.3 is 0 Å². The minimum absolute atomic E-state index is 0.00900. The van der Waals surface area contributed by atoms with Crippen LogP contribution in [0.1, 0.15) is 36.7 Å². The number of nitrogens with zero attached hydrogens (tertiary/aromatic N) is 1. The van der Waals surface area contributed by atoms with Gasteiger partial charge < -0.3 is 10.6 Å². The zero-order valence-electron chi connectivity index (χ0n) is 10.9. The van der Waals surface area contributed by atoms with Gasteiger partial charge in [0.1, 0.15) is 5.01 Å². The van der Waals surface area contributed by atoms with Gasteiger partial charge in [-0.1, -0.05) is 13.8 Å². The molecular weight excluding hydrogens is 234 g/mol. The predicted octanol–water partition coefficient (Wildman–Crippen LogP) is 1.87. The van der Waals surface area contributed by atoms with E-state index in [1.54, 1.807) is 11.3 Å². The molecule has 17 heavy (non-hydrogen) atoms. The summed E-state index contributed by atoms with van der Waals surface area (Å²) in [7, 11) is 0. The Hall–Kier alpha value is -0.940. The van der Waals surface area contributed by atoms with Gasteiger partial charge in [-0.05, 0) is 20.4 Å². The summed E-state index contributed by atoms with van der Waals surface area (Å²) < 4.78 is 0. The third-order valence-electron chi connectivity index (χ3n) is 2.52. The number of carbonyl (C=O) groups is 1. The fourth-order valence-corrected chi connectivity index (χ4v) is 2.22. The number of amides is 1. The van der Waals surface area contributed by atoms with Crippen molar-refractivity contribution in [3.8, 4) is 0 Å². The van der Waals surface area contributed by atoms with Crippen LogP contribution in [0.15, 0.2) is 6.20 Å². The van der Waals surface area contributed by atoms with Crippen LogP contribution in [0.4, 0.5) is 0 Å². The minimum atomic E-state index is -0.0153. The highest BCUT2D eigenvalue weighted by atomic mass is 32.1. The SMILES string of the molecule is CCNCC(C)C(=O)NC(C)c1ncc(C)s1. The summed E-state index contributed by atoms with van der Waals surface area (Å²) in [5.41, 5.74) is 0. The zero-order valence-corrected chi connectivity index (χ0v) is 11.7. The lowest BCUT2D eigenvalue weighted by Gasteiger charge is -2.16. The number of hydrogen-bond donors (Lipinski definition) is 2. The lowest BCUT2D eigenvalue weighted by molar-refractivity contribution is -0.125. The Morgan fingerprint density at radius 1 is 1.53 bits per heavy atom. The van der Waals surface area contributed by atoms with Crippen LogP contribution in [-0.2, 0) is 4.79 Å². The van der Waals surface area contributed by atoms with E-state index in [4.69, 9.17) is 0 Å². The van der Waals surface area contributed by atoms with Crippen molar-refractivity contribution in [3.05, 3.63) is 16.1 Å². The number of nitrogens with one attached hydrogen (secondary N) is 2. The Bertz CT molecular complexity index is 364. The monoisotopic (exact) mass is 255 g/mol. The van der Waals surface area contributed by atoms with Crippen LogP contribution in [0.25, 0.3) is 0 Å². The van der Waals surface area contributed by atoms with Gasteiger partial charge in [-0.2, -0.15) is 0 Å². The lowest BCUT2D eigenvalue weighted by Crippen LogP contribution is -2.36. The highest BCUT2D eigenvalue weighted by Gasteiger charge is 2.17. The van der Waals surface area contributed by atoms with Gasteiger partial charge in [-0.3, -0.25) is 4.79 Å². The number of aromatic nitrogens is 1. The molecule has 2 unspecified atom stereocenters. The van der Waals surface area contributed by atoms with E-state index < -0.39 is 0 Å². The molecule has 1 amide bonds. The van der Waals surface area contributed by atoms with Crippen molar-refractivity contribution in [1.29, 1.82) is 0 Å². The van der Waals surface area contributed by atoms with E-state index >= 15 is 0 Å². The highest BCUT2D eigenvalue weighted by molar-refractivity contribution is 7.11. The van der Waals surface area contributed by atoms with Crippen LogP contribution in [0.3, 0.4) is 0 Å². The molecule has 1 heterocycles. The summed E-state index contributed by atoms with van der Waals surface area (Å²) in [6.07, 6.45) is 1.84. The molecule has 4 nitrogen and oxygen atoms in total. The van der Waals surface area contributed by atoms with Crippen LogP contribution >= 0.6 is 11.3 Å². The summed E-state index contributed by atoms with van der Waals surface area (Å²) in [5.74, 6) is 0.0600. The second-order valence-electron chi connectivity index (χ2n) is 4.25. The third-order valence-corrected chi connectivity index (χ3v) is 3.61. The van der Waals surface area contributed by atoms with Crippen molar-refractivity contribution >= 4 is 17.2 Å². The Balaban J connectivity index is 2.45. The zero-order chi connectivity index (χ0) is 12.8.